The van der Waals surface area contributed by atoms with E-state index < -0.39 is 0 Å². The molecule has 88 valence electrons. The highest BCUT2D eigenvalue weighted by molar-refractivity contribution is 6.01. The number of hydrogen-bond acceptors (Lipinski definition) is 2. The lowest BCUT2D eigenvalue weighted by Crippen LogP contribution is -1.91. The van der Waals surface area contributed by atoms with Crippen molar-refractivity contribution in [3.63, 3.8) is 0 Å². The summed E-state index contributed by atoms with van der Waals surface area (Å²) in [5, 5.41) is 1.07. The maximum absolute atomic E-state index is 10.9. The highest BCUT2D eigenvalue weighted by atomic mass is 16.1. The number of nitrogens with two attached hydrogens (primary N) is 1. The molecular weight excluding hydrogens is 224 g/mol. The number of fused-ring (bicyclic) bond motifs is 1. The van der Waals surface area contributed by atoms with Gasteiger partial charge in [-0.3, -0.25) is 4.79 Å². The van der Waals surface area contributed by atoms with Gasteiger partial charge in [0.1, 0.15) is 6.29 Å². The standard InChI is InChI=1S/C15H12N2O/c16-13-4-5-14-12(6-7-17-14)15(13)11-3-1-2-10(8-11)9-18/h1-9,17H,16H2. The molecule has 0 amide bonds. The molecule has 3 rings (SSSR count). The Hall–Kier alpha value is -2.55. The summed E-state index contributed by atoms with van der Waals surface area (Å²) in [4.78, 5) is 14.0. The van der Waals surface area contributed by atoms with Crippen molar-refractivity contribution in [3.8, 4) is 11.1 Å². The number of benzene rings is 2. The second-order valence-corrected chi connectivity index (χ2v) is 4.21. The van der Waals surface area contributed by atoms with Gasteiger partial charge in [0.2, 0.25) is 0 Å². The van der Waals surface area contributed by atoms with Crippen molar-refractivity contribution >= 4 is 22.9 Å². The van der Waals surface area contributed by atoms with Crippen molar-refractivity contribution in [2.45, 2.75) is 0 Å². The van der Waals surface area contributed by atoms with Crippen LogP contribution in [0.4, 0.5) is 5.69 Å². The second-order valence-electron chi connectivity index (χ2n) is 4.21. The molecule has 0 spiro atoms. The summed E-state index contributed by atoms with van der Waals surface area (Å²) in [5.41, 5.74) is 10.4. The summed E-state index contributed by atoms with van der Waals surface area (Å²) in [6.45, 7) is 0. The molecule has 0 aliphatic heterocycles. The van der Waals surface area contributed by atoms with Gasteiger partial charge in [0.15, 0.2) is 0 Å². The normalized spacial score (nSPS) is 10.7. The Labute approximate surface area is 104 Å². The monoisotopic (exact) mass is 236 g/mol. The van der Waals surface area contributed by atoms with Crippen LogP contribution in [0.15, 0.2) is 48.7 Å². The average Bonchev–Trinajstić information content (AvgIpc) is 2.87. The first-order valence-corrected chi connectivity index (χ1v) is 5.71. The number of nitrogen functional groups attached to an aromatic ring is 1. The molecule has 2 aromatic carbocycles. The van der Waals surface area contributed by atoms with Crippen molar-refractivity contribution in [3.05, 3.63) is 54.2 Å². The molecule has 0 saturated carbocycles. The van der Waals surface area contributed by atoms with Crippen LogP contribution in [0.3, 0.4) is 0 Å². The number of aromatic amines is 1. The van der Waals surface area contributed by atoms with Crippen molar-refractivity contribution in [1.82, 2.24) is 4.98 Å². The third-order valence-corrected chi connectivity index (χ3v) is 3.08. The summed E-state index contributed by atoms with van der Waals surface area (Å²) in [6.07, 6.45) is 2.73. The molecule has 3 N–H and O–H groups in total. The van der Waals surface area contributed by atoms with Crippen LogP contribution in [0.1, 0.15) is 10.4 Å². The first kappa shape index (κ1) is 10.6. The van der Waals surface area contributed by atoms with Crippen LogP contribution in [0, 0.1) is 0 Å². The van der Waals surface area contributed by atoms with E-state index in [4.69, 9.17) is 5.73 Å². The van der Waals surface area contributed by atoms with Gasteiger partial charge in [0, 0.05) is 33.9 Å². The van der Waals surface area contributed by atoms with Crippen molar-refractivity contribution in [2.75, 3.05) is 5.73 Å². The van der Waals surface area contributed by atoms with E-state index in [2.05, 4.69) is 4.98 Å². The highest BCUT2D eigenvalue weighted by Crippen LogP contribution is 2.33. The van der Waals surface area contributed by atoms with E-state index in [1.54, 1.807) is 6.07 Å². The number of carbonyl (C=O) groups is 1. The minimum absolute atomic E-state index is 0.652. The van der Waals surface area contributed by atoms with Gasteiger partial charge in [0.05, 0.1) is 0 Å². The lowest BCUT2D eigenvalue weighted by Gasteiger charge is -2.08. The zero-order valence-corrected chi connectivity index (χ0v) is 9.68. The number of aldehydes is 1. The summed E-state index contributed by atoms with van der Waals surface area (Å²) in [7, 11) is 0. The smallest absolute Gasteiger partial charge is 0.150 e. The van der Waals surface area contributed by atoms with Crippen molar-refractivity contribution < 1.29 is 4.79 Å². The Morgan fingerprint density at radius 3 is 2.83 bits per heavy atom. The quantitative estimate of drug-likeness (QED) is 0.530. The second kappa shape index (κ2) is 4.04. The SMILES string of the molecule is Nc1ccc2[nH]ccc2c1-c1cccc(C=O)c1. The van der Waals surface area contributed by atoms with Gasteiger partial charge in [-0.15, -0.1) is 0 Å². The van der Waals surface area contributed by atoms with Gasteiger partial charge >= 0.3 is 0 Å². The lowest BCUT2D eigenvalue weighted by molar-refractivity contribution is 0.112. The van der Waals surface area contributed by atoms with E-state index in [0.29, 0.717) is 11.3 Å². The number of hydrogen-bond donors (Lipinski definition) is 2. The predicted molar refractivity (Wildman–Crippen MR) is 73.5 cm³/mol. The average molecular weight is 236 g/mol. The lowest BCUT2D eigenvalue weighted by atomic mass is 9.98. The van der Waals surface area contributed by atoms with Gasteiger partial charge in [-0.2, -0.15) is 0 Å². The van der Waals surface area contributed by atoms with Gasteiger partial charge in [-0.1, -0.05) is 18.2 Å². The van der Waals surface area contributed by atoms with Gasteiger partial charge in [-0.05, 0) is 29.8 Å². The number of nitrogens with one attached hydrogen (secondary N) is 1. The summed E-state index contributed by atoms with van der Waals surface area (Å²) in [6, 6.07) is 13.3. The zero-order chi connectivity index (χ0) is 12.5. The first-order chi connectivity index (χ1) is 8.79. The molecule has 3 aromatic rings. The van der Waals surface area contributed by atoms with Crippen molar-refractivity contribution in [1.29, 1.82) is 0 Å². The fourth-order valence-corrected chi connectivity index (χ4v) is 2.24. The molecule has 0 saturated heterocycles. The molecule has 0 radical (unpaired) electrons. The molecule has 0 unspecified atom stereocenters. The Morgan fingerprint density at radius 1 is 1.11 bits per heavy atom. The number of carbonyl (C=O) groups excluding carboxylic acids is 1. The molecule has 0 aliphatic rings. The van der Waals surface area contributed by atoms with Gasteiger partial charge in [0.25, 0.3) is 0 Å². The predicted octanol–water partition coefficient (Wildman–Crippen LogP) is 3.23. The molecule has 0 aliphatic carbocycles. The van der Waals surface area contributed by atoms with Crippen LogP contribution < -0.4 is 5.73 Å². The minimum Gasteiger partial charge on any atom is -0.398 e. The van der Waals surface area contributed by atoms with Crippen LogP contribution in [-0.4, -0.2) is 11.3 Å². The van der Waals surface area contributed by atoms with E-state index in [0.717, 1.165) is 28.3 Å². The summed E-state index contributed by atoms with van der Waals surface area (Å²) >= 11 is 0. The minimum atomic E-state index is 0.652. The van der Waals surface area contributed by atoms with E-state index in [1.165, 1.54) is 0 Å². The number of aromatic nitrogens is 1. The van der Waals surface area contributed by atoms with E-state index in [9.17, 15) is 4.79 Å². The zero-order valence-electron chi connectivity index (χ0n) is 9.68. The van der Waals surface area contributed by atoms with E-state index in [1.807, 2.05) is 42.6 Å². The third kappa shape index (κ3) is 1.57. The summed E-state index contributed by atoms with van der Waals surface area (Å²) in [5.74, 6) is 0. The maximum Gasteiger partial charge on any atom is 0.150 e. The molecule has 1 aromatic heterocycles. The van der Waals surface area contributed by atoms with Crippen LogP contribution in [0.2, 0.25) is 0 Å². The molecule has 1 heterocycles. The van der Waals surface area contributed by atoms with Crippen molar-refractivity contribution in [2.24, 2.45) is 0 Å². The Kier molecular flexibility index (Phi) is 2.38. The van der Waals surface area contributed by atoms with E-state index >= 15 is 0 Å². The largest absolute Gasteiger partial charge is 0.398 e. The molecular formula is C15H12N2O. The molecule has 18 heavy (non-hydrogen) atoms. The van der Waals surface area contributed by atoms with Crippen LogP contribution >= 0.6 is 0 Å². The van der Waals surface area contributed by atoms with Crippen LogP contribution in [0.5, 0.6) is 0 Å². The topological polar surface area (TPSA) is 58.9 Å². The van der Waals surface area contributed by atoms with Gasteiger partial charge < -0.3 is 10.7 Å². The van der Waals surface area contributed by atoms with Gasteiger partial charge in [-0.25, -0.2) is 0 Å². The Balaban J connectivity index is 2.32. The molecule has 3 nitrogen and oxygen atoms in total. The molecule has 0 bridgehead atoms. The van der Waals surface area contributed by atoms with Crippen LogP contribution in [0.25, 0.3) is 22.0 Å². The molecule has 0 fully saturated rings. The fourth-order valence-electron chi connectivity index (χ4n) is 2.24. The number of anilines is 1. The molecule has 0 atom stereocenters. The third-order valence-electron chi connectivity index (χ3n) is 3.08. The highest BCUT2D eigenvalue weighted by Gasteiger charge is 2.09. The fraction of sp³-hybridized carbons (Fsp3) is 0. The van der Waals surface area contributed by atoms with E-state index in [-0.39, 0.29) is 0 Å². The summed E-state index contributed by atoms with van der Waals surface area (Å²) < 4.78 is 0. The first-order valence-electron chi connectivity index (χ1n) is 5.71. The molecule has 3 heteroatoms. The Bertz CT molecular complexity index is 728. The van der Waals surface area contributed by atoms with Crippen LogP contribution in [-0.2, 0) is 0 Å². The Morgan fingerprint density at radius 2 is 2.00 bits per heavy atom. The number of H-pyrrole nitrogens is 1. The maximum atomic E-state index is 10.9. The number of rotatable bonds is 2.